The molecule has 2 aromatic rings. The molecule has 2 N–H and O–H groups in total. The lowest BCUT2D eigenvalue weighted by atomic mass is 9.85. The van der Waals surface area contributed by atoms with Gasteiger partial charge in [0.05, 0.1) is 0 Å². The van der Waals surface area contributed by atoms with Crippen molar-refractivity contribution in [2.45, 2.75) is 52.5 Å². The Morgan fingerprint density at radius 2 is 2.22 bits per heavy atom. The molecule has 1 fully saturated rings. The number of benzene rings is 1. The first-order valence-corrected chi connectivity index (χ1v) is 10.1. The fourth-order valence-corrected chi connectivity index (χ4v) is 3.93. The van der Waals surface area contributed by atoms with Crippen LogP contribution >= 0.6 is 0 Å². The average Bonchev–Trinajstić information content (AvgIpc) is 3.11. The first-order chi connectivity index (χ1) is 13.0. The van der Waals surface area contributed by atoms with E-state index in [-0.39, 0.29) is 5.91 Å². The van der Waals surface area contributed by atoms with E-state index in [9.17, 15) is 4.79 Å². The third-order valence-corrected chi connectivity index (χ3v) is 5.47. The second-order valence-corrected chi connectivity index (χ2v) is 8.10. The van der Waals surface area contributed by atoms with E-state index in [4.69, 9.17) is 0 Å². The molecule has 1 aliphatic rings. The molecule has 3 rings (SSSR count). The summed E-state index contributed by atoms with van der Waals surface area (Å²) in [4.78, 5) is 16.9. The standard InChI is InChI=1S/C22H32N4O/c1-16(2)22-24-10-11-26(22)15-18-6-4-8-20(13-18)25-21(27)12-17(3)19-7-5-9-23-14-19/h4,6,8,10-11,13,16-17,19,23H,5,7,9,12,14-15H2,1-3H3,(H,25,27). The van der Waals surface area contributed by atoms with Gasteiger partial charge in [-0.2, -0.15) is 0 Å². The maximum absolute atomic E-state index is 12.5. The third-order valence-electron chi connectivity index (χ3n) is 5.47. The lowest BCUT2D eigenvalue weighted by molar-refractivity contribution is -0.117. The molecule has 5 nitrogen and oxygen atoms in total. The van der Waals surface area contributed by atoms with E-state index in [1.54, 1.807) is 0 Å². The molecule has 2 atom stereocenters. The van der Waals surface area contributed by atoms with Crippen molar-refractivity contribution in [2.75, 3.05) is 18.4 Å². The number of aromatic nitrogens is 2. The Hall–Kier alpha value is -2.14. The van der Waals surface area contributed by atoms with Crippen LogP contribution in [-0.2, 0) is 11.3 Å². The largest absolute Gasteiger partial charge is 0.330 e. The summed E-state index contributed by atoms with van der Waals surface area (Å²) in [6.07, 6.45) is 6.88. The van der Waals surface area contributed by atoms with Gasteiger partial charge in [0, 0.05) is 37.0 Å². The number of imidazole rings is 1. The summed E-state index contributed by atoms with van der Waals surface area (Å²) in [5.74, 6) is 2.58. The SMILES string of the molecule is CC(C)c1nccn1Cc1cccc(NC(=O)CC(C)C2CCCNC2)c1. The Kier molecular flexibility index (Phi) is 6.67. The van der Waals surface area contributed by atoms with E-state index in [1.165, 1.54) is 12.8 Å². The smallest absolute Gasteiger partial charge is 0.224 e. The molecule has 2 unspecified atom stereocenters. The second-order valence-electron chi connectivity index (χ2n) is 8.10. The number of anilines is 1. The molecule has 0 aliphatic carbocycles. The van der Waals surface area contributed by atoms with Crippen molar-refractivity contribution in [1.82, 2.24) is 14.9 Å². The predicted molar refractivity (Wildman–Crippen MR) is 110 cm³/mol. The number of nitrogens with one attached hydrogen (secondary N) is 2. The molecule has 1 amide bonds. The number of carbonyl (C=O) groups is 1. The van der Waals surface area contributed by atoms with Gasteiger partial charge in [-0.05, 0) is 55.5 Å². The molecule has 0 saturated carbocycles. The van der Waals surface area contributed by atoms with E-state index in [1.807, 2.05) is 24.5 Å². The lowest BCUT2D eigenvalue weighted by Gasteiger charge is -2.28. The molecule has 2 heterocycles. The molecule has 1 aliphatic heterocycles. The molecule has 1 aromatic heterocycles. The van der Waals surface area contributed by atoms with Crippen molar-refractivity contribution < 1.29 is 4.79 Å². The van der Waals surface area contributed by atoms with Crippen molar-refractivity contribution in [2.24, 2.45) is 11.8 Å². The molecular formula is C22H32N4O. The van der Waals surface area contributed by atoms with Gasteiger partial charge in [0.25, 0.3) is 0 Å². The quantitative estimate of drug-likeness (QED) is 0.776. The Balaban J connectivity index is 1.58. The number of hydrogen-bond acceptors (Lipinski definition) is 3. The molecule has 1 aromatic carbocycles. The minimum absolute atomic E-state index is 0.107. The van der Waals surface area contributed by atoms with Crippen molar-refractivity contribution >= 4 is 11.6 Å². The van der Waals surface area contributed by atoms with Crippen LogP contribution in [0.25, 0.3) is 0 Å². The highest BCUT2D eigenvalue weighted by atomic mass is 16.1. The van der Waals surface area contributed by atoms with Crippen molar-refractivity contribution in [3.63, 3.8) is 0 Å². The molecule has 27 heavy (non-hydrogen) atoms. The van der Waals surface area contributed by atoms with Crippen LogP contribution in [0.2, 0.25) is 0 Å². The van der Waals surface area contributed by atoms with E-state index >= 15 is 0 Å². The zero-order chi connectivity index (χ0) is 19.2. The van der Waals surface area contributed by atoms with Crippen LogP contribution in [-0.4, -0.2) is 28.5 Å². The fraction of sp³-hybridized carbons (Fsp3) is 0.545. The Labute approximate surface area is 162 Å². The minimum atomic E-state index is 0.107. The fourth-order valence-electron chi connectivity index (χ4n) is 3.93. The van der Waals surface area contributed by atoms with Crippen LogP contribution in [0.1, 0.15) is 57.3 Å². The van der Waals surface area contributed by atoms with Gasteiger partial charge in [-0.1, -0.05) is 32.9 Å². The topological polar surface area (TPSA) is 59.0 Å². The zero-order valence-corrected chi connectivity index (χ0v) is 16.7. The van der Waals surface area contributed by atoms with Crippen LogP contribution in [0.15, 0.2) is 36.7 Å². The van der Waals surface area contributed by atoms with Gasteiger partial charge in [0.15, 0.2) is 0 Å². The van der Waals surface area contributed by atoms with E-state index in [0.717, 1.165) is 36.7 Å². The minimum Gasteiger partial charge on any atom is -0.330 e. The third kappa shape index (κ3) is 5.42. The predicted octanol–water partition coefficient (Wildman–Crippen LogP) is 4.02. The number of hydrogen-bond donors (Lipinski definition) is 2. The lowest BCUT2D eigenvalue weighted by Crippen LogP contribution is -2.34. The Bertz CT molecular complexity index is 746. The highest BCUT2D eigenvalue weighted by Gasteiger charge is 2.22. The maximum atomic E-state index is 12.5. The normalized spacial score (nSPS) is 18.4. The summed E-state index contributed by atoms with van der Waals surface area (Å²) in [7, 11) is 0. The van der Waals surface area contributed by atoms with Gasteiger partial charge in [0.1, 0.15) is 5.82 Å². The zero-order valence-electron chi connectivity index (χ0n) is 16.7. The summed E-state index contributed by atoms with van der Waals surface area (Å²) < 4.78 is 2.17. The Morgan fingerprint density at radius 1 is 1.37 bits per heavy atom. The number of nitrogens with zero attached hydrogens (tertiary/aromatic N) is 2. The molecule has 0 bridgehead atoms. The van der Waals surface area contributed by atoms with Crippen LogP contribution < -0.4 is 10.6 Å². The molecular weight excluding hydrogens is 336 g/mol. The van der Waals surface area contributed by atoms with Crippen molar-refractivity contribution in [1.29, 1.82) is 0 Å². The molecule has 0 radical (unpaired) electrons. The summed E-state index contributed by atoms with van der Waals surface area (Å²) in [6.45, 7) is 9.41. The number of rotatable bonds is 7. The molecule has 1 saturated heterocycles. The average molecular weight is 369 g/mol. The van der Waals surface area contributed by atoms with Crippen LogP contribution in [0, 0.1) is 11.8 Å². The van der Waals surface area contributed by atoms with Gasteiger partial charge in [-0.3, -0.25) is 4.79 Å². The summed E-state index contributed by atoms with van der Waals surface area (Å²) in [5, 5.41) is 6.53. The van der Waals surface area contributed by atoms with Crippen LogP contribution in [0.3, 0.4) is 0 Å². The first kappa shape index (κ1) is 19.6. The van der Waals surface area contributed by atoms with Gasteiger partial charge in [0.2, 0.25) is 5.91 Å². The summed E-state index contributed by atoms with van der Waals surface area (Å²) in [6, 6.07) is 8.13. The number of piperidine rings is 1. The van der Waals surface area contributed by atoms with E-state index < -0.39 is 0 Å². The van der Waals surface area contributed by atoms with Crippen LogP contribution in [0.4, 0.5) is 5.69 Å². The van der Waals surface area contributed by atoms with Gasteiger partial charge >= 0.3 is 0 Å². The van der Waals surface area contributed by atoms with Gasteiger partial charge in [-0.15, -0.1) is 0 Å². The second kappa shape index (κ2) is 9.18. The van der Waals surface area contributed by atoms with Gasteiger partial charge in [-0.25, -0.2) is 4.98 Å². The van der Waals surface area contributed by atoms with E-state index in [0.29, 0.717) is 24.2 Å². The summed E-state index contributed by atoms with van der Waals surface area (Å²) in [5.41, 5.74) is 2.04. The van der Waals surface area contributed by atoms with Crippen molar-refractivity contribution in [3.05, 3.63) is 48.0 Å². The van der Waals surface area contributed by atoms with E-state index in [2.05, 4.69) is 53.1 Å². The van der Waals surface area contributed by atoms with Crippen LogP contribution in [0.5, 0.6) is 0 Å². The molecule has 0 spiro atoms. The first-order valence-electron chi connectivity index (χ1n) is 10.1. The number of amides is 1. The highest BCUT2D eigenvalue weighted by Crippen LogP contribution is 2.23. The Morgan fingerprint density at radius 3 is 2.96 bits per heavy atom. The molecule has 5 heteroatoms. The number of carbonyl (C=O) groups excluding carboxylic acids is 1. The van der Waals surface area contributed by atoms with Crippen molar-refractivity contribution in [3.8, 4) is 0 Å². The summed E-state index contributed by atoms with van der Waals surface area (Å²) >= 11 is 0. The highest BCUT2D eigenvalue weighted by molar-refractivity contribution is 5.90. The maximum Gasteiger partial charge on any atom is 0.224 e. The molecule has 146 valence electrons. The monoisotopic (exact) mass is 368 g/mol. The van der Waals surface area contributed by atoms with Gasteiger partial charge < -0.3 is 15.2 Å².